The van der Waals surface area contributed by atoms with Gasteiger partial charge in [0, 0.05) is 0 Å². The van der Waals surface area contributed by atoms with Gasteiger partial charge in [0.1, 0.15) is 17.0 Å². The maximum Gasteiger partial charge on any atom is 0.262 e. The van der Waals surface area contributed by atoms with Gasteiger partial charge >= 0.3 is 0 Å². The van der Waals surface area contributed by atoms with Crippen molar-refractivity contribution < 1.29 is 35.1 Å². The van der Waals surface area contributed by atoms with Crippen LogP contribution in [0.15, 0.2) is 29.2 Å². The van der Waals surface area contributed by atoms with E-state index in [9.17, 15) is 30.4 Å². The van der Waals surface area contributed by atoms with Crippen molar-refractivity contribution >= 4 is 15.7 Å². The Balaban J connectivity index is 2.39. The number of anilines is 1. The summed E-state index contributed by atoms with van der Waals surface area (Å²) in [5.74, 6) is -11.1. The number of benzene rings is 2. The second kappa shape index (κ2) is 6.75. The van der Waals surface area contributed by atoms with E-state index in [0.717, 1.165) is 12.1 Å². The van der Waals surface area contributed by atoms with Crippen LogP contribution in [0.1, 0.15) is 20.8 Å². The van der Waals surface area contributed by atoms with Crippen molar-refractivity contribution in [2.45, 2.75) is 31.3 Å². The molecule has 0 aliphatic carbocycles. The molecule has 142 valence electrons. The Kier molecular flexibility index (Phi) is 5.18. The fraction of sp³-hybridized carbons (Fsp3) is 0.250. The van der Waals surface area contributed by atoms with Gasteiger partial charge in [-0.05, 0) is 45.0 Å². The molecule has 0 saturated carbocycles. The van der Waals surface area contributed by atoms with Gasteiger partial charge in [0.15, 0.2) is 23.3 Å². The predicted molar refractivity (Wildman–Crippen MR) is 83.9 cm³/mol. The Labute approximate surface area is 146 Å². The fourth-order valence-electron chi connectivity index (χ4n) is 1.93. The van der Waals surface area contributed by atoms with Crippen molar-refractivity contribution in [3.63, 3.8) is 0 Å². The first-order chi connectivity index (χ1) is 11.8. The molecule has 0 saturated heterocycles. The van der Waals surface area contributed by atoms with Crippen molar-refractivity contribution in [1.82, 2.24) is 0 Å². The van der Waals surface area contributed by atoms with Crippen molar-refractivity contribution in [3.8, 4) is 5.75 Å². The van der Waals surface area contributed by atoms with Crippen LogP contribution in [0.3, 0.4) is 0 Å². The molecule has 0 atom stereocenters. The van der Waals surface area contributed by atoms with E-state index in [-0.39, 0.29) is 0 Å². The average Bonchev–Trinajstić information content (AvgIpc) is 2.54. The Hall–Kier alpha value is -2.36. The van der Waals surface area contributed by atoms with Gasteiger partial charge in [-0.25, -0.2) is 30.4 Å². The molecule has 2 aromatic rings. The summed E-state index contributed by atoms with van der Waals surface area (Å²) in [7, 11) is -4.61. The first-order valence-corrected chi connectivity index (χ1v) is 8.65. The van der Waals surface area contributed by atoms with Gasteiger partial charge in [0.05, 0.1) is 4.90 Å². The topological polar surface area (TPSA) is 55.4 Å². The molecule has 0 aliphatic heterocycles. The lowest BCUT2D eigenvalue weighted by molar-refractivity contribution is 0.131. The fourth-order valence-corrected chi connectivity index (χ4v) is 2.99. The third-order valence-electron chi connectivity index (χ3n) is 3.00. The third kappa shape index (κ3) is 4.06. The third-order valence-corrected chi connectivity index (χ3v) is 4.37. The smallest absolute Gasteiger partial charge is 0.262 e. The lowest BCUT2D eigenvalue weighted by atomic mass is 10.2. The molecule has 4 nitrogen and oxygen atoms in total. The van der Waals surface area contributed by atoms with Gasteiger partial charge in [0.2, 0.25) is 5.82 Å². The maximum atomic E-state index is 13.6. The highest BCUT2D eigenvalue weighted by Gasteiger charge is 2.29. The Morgan fingerprint density at radius 1 is 0.808 bits per heavy atom. The number of hydrogen-bond acceptors (Lipinski definition) is 3. The number of nitrogens with one attached hydrogen (secondary N) is 1. The zero-order chi connectivity index (χ0) is 19.9. The Morgan fingerprint density at radius 3 is 1.65 bits per heavy atom. The van der Waals surface area contributed by atoms with Crippen LogP contribution in [-0.4, -0.2) is 14.0 Å². The second-order valence-corrected chi connectivity index (χ2v) is 7.92. The zero-order valence-corrected chi connectivity index (χ0v) is 14.6. The molecule has 1 N–H and O–H groups in total. The summed E-state index contributed by atoms with van der Waals surface area (Å²) in [5.41, 5.74) is -2.20. The van der Waals surface area contributed by atoms with Crippen LogP contribution in [0.2, 0.25) is 0 Å². The van der Waals surface area contributed by atoms with E-state index in [0.29, 0.717) is 5.75 Å². The zero-order valence-electron chi connectivity index (χ0n) is 13.8. The molecule has 0 unspecified atom stereocenters. The van der Waals surface area contributed by atoms with E-state index in [1.165, 1.54) is 16.9 Å². The second-order valence-electron chi connectivity index (χ2n) is 6.24. The minimum atomic E-state index is -4.61. The standard InChI is InChI=1S/C16H14F5NO3S/c1-16(2,3)25-8-4-6-9(7-5-8)26(23,24)22-15-13(20)11(18)10(17)12(19)14(15)21/h4-7,22H,1-3H3. The van der Waals surface area contributed by atoms with Gasteiger partial charge in [-0.2, -0.15) is 0 Å². The Bertz CT molecular complexity index is 909. The minimum Gasteiger partial charge on any atom is -0.488 e. The molecular weight excluding hydrogens is 381 g/mol. The molecule has 0 aliphatic rings. The lowest BCUT2D eigenvalue weighted by Gasteiger charge is -2.21. The molecule has 2 aromatic carbocycles. The van der Waals surface area contributed by atoms with Crippen LogP contribution < -0.4 is 9.46 Å². The van der Waals surface area contributed by atoms with Crippen LogP contribution in [-0.2, 0) is 10.0 Å². The molecule has 10 heteroatoms. The van der Waals surface area contributed by atoms with E-state index < -0.39 is 55.3 Å². The highest BCUT2D eigenvalue weighted by Crippen LogP contribution is 2.29. The van der Waals surface area contributed by atoms with Crippen molar-refractivity contribution in [1.29, 1.82) is 0 Å². The van der Waals surface area contributed by atoms with Gasteiger partial charge in [0.25, 0.3) is 10.0 Å². The lowest BCUT2D eigenvalue weighted by Crippen LogP contribution is -2.23. The molecule has 0 spiro atoms. The van der Waals surface area contributed by atoms with Crippen LogP contribution in [0.25, 0.3) is 0 Å². The average molecular weight is 395 g/mol. The Morgan fingerprint density at radius 2 is 1.23 bits per heavy atom. The summed E-state index contributed by atoms with van der Waals surface area (Å²) in [6.07, 6.45) is 0. The molecule has 0 aromatic heterocycles. The highest BCUT2D eigenvalue weighted by molar-refractivity contribution is 7.92. The summed E-state index contributed by atoms with van der Waals surface area (Å²) in [6, 6.07) is 4.71. The van der Waals surface area contributed by atoms with Gasteiger partial charge in [-0.1, -0.05) is 0 Å². The largest absolute Gasteiger partial charge is 0.488 e. The number of ether oxygens (including phenoxy) is 1. The SMILES string of the molecule is CC(C)(C)Oc1ccc(S(=O)(=O)Nc2c(F)c(F)c(F)c(F)c2F)cc1. The normalized spacial score (nSPS) is 12.2. The minimum absolute atomic E-state index is 0.327. The maximum absolute atomic E-state index is 13.6. The summed E-state index contributed by atoms with van der Waals surface area (Å²) in [6.45, 7) is 5.30. The highest BCUT2D eigenvalue weighted by atomic mass is 32.2. The molecule has 0 bridgehead atoms. The van der Waals surface area contributed by atoms with Gasteiger partial charge in [-0.3, -0.25) is 4.72 Å². The monoisotopic (exact) mass is 395 g/mol. The summed E-state index contributed by atoms with van der Waals surface area (Å²) in [5, 5.41) is 0. The summed E-state index contributed by atoms with van der Waals surface area (Å²) >= 11 is 0. The summed E-state index contributed by atoms with van der Waals surface area (Å²) < 4.78 is 97.9. The van der Waals surface area contributed by atoms with Crippen molar-refractivity contribution in [2.75, 3.05) is 4.72 Å². The molecule has 2 rings (SSSR count). The van der Waals surface area contributed by atoms with Crippen LogP contribution >= 0.6 is 0 Å². The van der Waals surface area contributed by atoms with E-state index in [2.05, 4.69) is 0 Å². The molecular formula is C16H14F5NO3S. The van der Waals surface area contributed by atoms with Crippen molar-refractivity contribution in [2.24, 2.45) is 0 Å². The van der Waals surface area contributed by atoms with E-state index in [1.54, 1.807) is 20.8 Å². The predicted octanol–water partition coefficient (Wildman–Crippen LogP) is 4.36. The van der Waals surface area contributed by atoms with Crippen LogP contribution in [0.5, 0.6) is 5.75 Å². The number of hydrogen-bond donors (Lipinski definition) is 1. The molecule has 0 amide bonds. The van der Waals surface area contributed by atoms with Gasteiger partial charge < -0.3 is 4.74 Å². The first-order valence-electron chi connectivity index (χ1n) is 7.17. The molecule has 0 fully saturated rings. The molecule has 0 heterocycles. The number of sulfonamides is 1. The molecule has 0 radical (unpaired) electrons. The van der Waals surface area contributed by atoms with E-state index in [4.69, 9.17) is 4.74 Å². The van der Waals surface area contributed by atoms with Crippen LogP contribution in [0.4, 0.5) is 27.6 Å². The van der Waals surface area contributed by atoms with E-state index in [1.807, 2.05) is 0 Å². The number of rotatable bonds is 4. The number of halogens is 5. The van der Waals surface area contributed by atoms with Crippen molar-refractivity contribution in [3.05, 3.63) is 53.4 Å². The molecule has 26 heavy (non-hydrogen) atoms. The quantitative estimate of drug-likeness (QED) is 0.476. The van der Waals surface area contributed by atoms with Crippen LogP contribution in [0, 0.1) is 29.1 Å². The first kappa shape index (κ1) is 20.0. The summed E-state index contributed by atoms with van der Waals surface area (Å²) in [4.78, 5) is -0.456. The van der Waals surface area contributed by atoms with E-state index >= 15 is 0 Å². The van der Waals surface area contributed by atoms with Gasteiger partial charge in [-0.15, -0.1) is 0 Å².